The van der Waals surface area contributed by atoms with Gasteiger partial charge in [0, 0.05) is 46.4 Å². The molecule has 8 unspecified atom stereocenters. The molecule has 0 saturated carbocycles. The lowest BCUT2D eigenvalue weighted by atomic mass is 9.95. The summed E-state index contributed by atoms with van der Waals surface area (Å²) in [6.45, 7) is 6.19. The van der Waals surface area contributed by atoms with Crippen molar-refractivity contribution < 1.29 is 121 Å². The third-order valence-corrected chi connectivity index (χ3v) is 19.3. The van der Waals surface area contributed by atoms with Gasteiger partial charge >= 0.3 is 19.8 Å². The number of rotatable bonds is 57. The number of amides is 3. The Morgan fingerprint density at radius 2 is 1.06 bits per heavy atom. The fraction of sp³-hybridized carbons (Fsp3) is 0.873. The van der Waals surface area contributed by atoms with Crippen LogP contribution in [0.4, 0.5) is 0 Å². The Morgan fingerprint density at radius 1 is 0.530 bits per heavy atom. The molecule has 0 spiro atoms. The number of allylic oxidation sites excluding steroid dienone is 3. The number of carbonyl (C=O) groups is 5. The summed E-state index contributed by atoms with van der Waals surface area (Å²) < 4.78 is 77.1. The Hall–Kier alpha value is -3.62. The maximum Gasteiger partial charge on any atom is 0.474 e. The number of hydrogen-bond donors (Lipinski definition) is 11. The number of esters is 2. The molecule has 18 atom stereocenters. The second-order valence-corrected chi connectivity index (χ2v) is 28.2. The van der Waals surface area contributed by atoms with E-state index in [1.54, 1.807) is 0 Å². The van der Waals surface area contributed by atoms with E-state index < -0.39 is 150 Å². The van der Waals surface area contributed by atoms with Crippen molar-refractivity contribution in [2.24, 2.45) is 5.92 Å². The maximum atomic E-state index is 13.7. The Balaban J connectivity index is 1.51. The molecule has 0 aliphatic carbocycles. The first kappa shape index (κ1) is 90.6. The first-order valence-corrected chi connectivity index (χ1v) is 38.8. The van der Waals surface area contributed by atoms with E-state index in [0.29, 0.717) is 25.7 Å². The molecule has 3 saturated heterocycles. The van der Waals surface area contributed by atoms with Gasteiger partial charge in [0.2, 0.25) is 17.7 Å². The molecule has 3 fully saturated rings. The molecule has 0 aromatic carbocycles. The molecule has 28 nitrogen and oxygen atoms in total. The summed E-state index contributed by atoms with van der Waals surface area (Å²) >= 11 is 0. The predicted molar refractivity (Wildman–Crippen MR) is 370 cm³/mol. The van der Waals surface area contributed by atoms with E-state index in [0.717, 1.165) is 97.5 Å². The van der Waals surface area contributed by atoms with Crippen molar-refractivity contribution in [2.75, 3.05) is 59.8 Å². The molecule has 3 rings (SSSR count). The Bertz CT molecular complexity index is 2310. The van der Waals surface area contributed by atoms with Gasteiger partial charge < -0.3 is 94.7 Å². The zero-order valence-corrected chi connectivity index (χ0v) is 61.6. The highest BCUT2D eigenvalue weighted by Crippen LogP contribution is 2.48. The second kappa shape index (κ2) is 54.0. The standard InChI is InChI=1S/C71H128N3O25P/c1-7-10-13-16-18-20-21-22-23-24-25-26-28-30-33-41-58(80)95-53(48-91-68(87)52(37-31-15-12-9-3)38-32-29-27-19-17-14-11-8-2)49-93-100(88,89-6)92-45-43-73-57(79)40-35-34-39-56(78)72-42-36-44-90-71-67(99-70-65(86)64(85)60(81)50(4)94-70)66(62(83)55(47-76)97-71)98-69-59(74-51(5)77)63(84)61(82)54(46-75)96-69/h22-23,32,38,50,52-55,59-67,69-71,75-76,81-86H,7-21,24-31,33-37,39-49H2,1-6H3,(H,72,78)(H,73,79)(H,74,77)/b23-22+,38-32-/t50?,52?,53-,54?,55?,59?,60+,61+,62+,63-,64-,65?,66+,67?,69+,70+,71-,100?/m1/s1. The summed E-state index contributed by atoms with van der Waals surface area (Å²) in [7, 11) is -3.15. The van der Waals surface area contributed by atoms with E-state index >= 15 is 0 Å². The zero-order chi connectivity index (χ0) is 73.5. The number of hydrogen-bond acceptors (Lipinski definition) is 25. The van der Waals surface area contributed by atoms with Crippen molar-refractivity contribution in [2.45, 2.75) is 332 Å². The van der Waals surface area contributed by atoms with E-state index in [1.807, 2.05) is 6.08 Å². The molecule has 3 amide bonds. The van der Waals surface area contributed by atoms with Gasteiger partial charge in [0.05, 0.1) is 45.1 Å². The van der Waals surface area contributed by atoms with Crippen LogP contribution in [0.15, 0.2) is 24.3 Å². The summed E-state index contributed by atoms with van der Waals surface area (Å²) in [5.41, 5.74) is 0. The topological polar surface area (TPSA) is 402 Å². The van der Waals surface area contributed by atoms with Crippen molar-refractivity contribution in [1.29, 1.82) is 0 Å². The van der Waals surface area contributed by atoms with Crippen LogP contribution in [0.1, 0.15) is 234 Å². The molecule has 0 bridgehead atoms. The van der Waals surface area contributed by atoms with Crippen LogP contribution in [-0.2, 0) is 80.0 Å². The van der Waals surface area contributed by atoms with Crippen molar-refractivity contribution >= 4 is 37.5 Å². The summed E-state index contributed by atoms with van der Waals surface area (Å²) in [5.74, 6) is -2.84. The first-order valence-electron chi connectivity index (χ1n) is 37.3. The predicted octanol–water partition coefficient (Wildman–Crippen LogP) is 6.98. The minimum absolute atomic E-state index is 0.0440. The summed E-state index contributed by atoms with van der Waals surface area (Å²) in [5, 5.41) is 93.0. The van der Waals surface area contributed by atoms with E-state index in [4.69, 9.17) is 51.5 Å². The third-order valence-electron chi connectivity index (χ3n) is 17.9. The molecule has 3 aliphatic heterocycles. The lowest BCUT2D eigenvalue weighted by molar-refractivity contribution is -0.385. The second-order valence-electron chi connectivity index (χ2n) is 26.4. The molecule has 0 aromatic rings. The number of unbranched alkanes of at least 4 members (excludes halogenated alkanes) is 21. The van der Waals surface area contributed by atoms with Gasteiger partial charge in [0.1, 0.15) is 73.7 Å². The molecular formula is C71H128N3O25P. The quantitative estimate of drug-likeness (QED) is 0.0127. The van der Waals surface area contributed by atoms with Gasteiger partial charge in [-0.15, -0.1) is 0 Å². The number of phosphoric acid groups is 1. The number of phosphoric ester groups is 1. The monoisotopic (exact) mass is 1450 g/mol. The third kappa shape index (κ3) is 36.4. The van der Waals surface area contributed by atoms with Gasteiger partial charge in [0.25, 0.3) is 0 Å². The highest BCUT2D eigenvalue weighted by Gasteiger charge is 2.55. The van der Waals surface area contributed by atoms with Crippen LogP contribution in [-0.4, -0.2) is 229 Å². The van der Waals surface area contributed by atoms with Crippen LogP contribution in [0, 0.1) is 5.92 Å². The summed E-state index contributed by atoms with van der Waals surface area (Å²) in [4.78, 5) is 64.8. The SMILES string of the molecule is CCCCCCCC/C=C\C(CCCCCC)C(=O)OC[C@H](COP(=O)(OC)OCCNC(=O)CCCCC(=O)NCCCO[C@@H]1OC(CO)[C@H](O)[C@H](O[C@@H]2OC(CO)[C@H](O)[C@H](O)C2NC(C)=O)C1O[C@@H]1OC(C)[C@H](O)[C@@H](O)C1O)OC(=O)CCCCCCC/C=C/CCCCCCCC. The molecule has 29 heteroatoms. The first-order chi connectivity index (χ1) is 48.2. The fourth-order valence-corrected chi connectivity index (χ4v) is 12.7. The van der Waals surface area contributed by atoms with E-state index in [-0.39, 0.29) is 70.4 Å². The fourth-order valence-electron chi connectivity index (χ4n) is 11.8. The number of carbonyl (C=O) groups excluding carboxylic acids is 5. The van der Waals surface area contributed by atoms with E-state index in [2.05, 4.69) is 54.9 Å². The molecule has 3 aliphatic rings. The van der Waals surface area contributed by atoms with Gasteiger partial charge in [-0.05, 0) is 77.6 Å². The van der Waals surface area contributed by atoms with Crippen molar-refractivity contribution in [3.63, 3.8) is 0 Å². The van der Waals surface area contributed by atoms with Gasteiger partial charge in [-0.1, -0.05) is 154 Å². The molecule has 582 valence electrons. The van der Waals surface area contributed by atoms with Gasteiger partial charge in [-0.3, -0.25) is 37.5 Å². The number of aliphatic hydroxyl groups is 8. The van der Waals surface area contributed by atoms with E-state index in [1.165, 1.54) is 71.1 Å². The van der Waals surface area contributed by atoms with Crippen LogP contribution in [0.3, 0.4) is 0 Å². The summed E-state index contributed by atoms with van der Waals surface area (Å²) in [6, 6.07) is -1.49. The number of aliphatic hydroxyl groups excluding tert-OH is 8. The van der Waals surface area contributed by atoms with Gasteiger partial charge in [-0.25, -0.2) is 4.57 Å². The lowest BCUT2D eigenvalue weighted by Gasteiger charge is -2.49. The number of nitrogens with one attached hydrogen (secondary N) is 3. The van der Waals surface area contributed by atoms with E-state index in [9.17, 15) is 69.4 Å². The van der Waals surface area contributed by atoms with Crippen LogP contribution >= 0.6 is 7.82 Å². The normalized spacial score (nSPS) is 26.8. The maximum absolute atomic E-state index is 13.7. The smallest absolute Gasteiger partial charge is 0.461 e. The van der Waals surface area contributed by atoms with Crippen LogP contribution < -0.4 is 16.0 Å². The molecule has 0 radical (unpaired) electrons. The average molecular weight is 1450 g/mol. The minimum atomic E-state index is -4.28. The van der Waals surface area contributed by atoms with Crippen molar-refractivity contribution in [1.82, 2.24) is 16.0 Å². The molecular weight excluding hydrogens is 1330 g/mol. The van der Waals surface area contributed by atoms with Gasteiger partial charge in [-0.2, -0.15) is 0 Å². The average Bonchev–Trinajstić information content (AvgIpc) is 0.773. The van der Waals surface area contributed by atoms with Crippen molar-refractivity contribution in [3.05, 3.63) is 24.3 Å². The van der Waals surface area contributed by atoms with Crippen LogP contribution in [0.5, 0.6) is 0 Å². The van der Waals surface area contributed by atoms with Crippen LogP contribution in [0.25, 0.3) is 0 Å². The Labute approximate surface area is 593 Å². The van der Waals surface area contributed by atoms with Gasteiger partial charge in [0.15, 0.2) is 25.0 Å². The molecule has 11 N–H and O–H groups in total. The minimum Gasteiger partial charge on any atom is -0.461 e. The largest absolute Gasteiger partial charge is 0.474 e. The molecule has 100 heavy (non-hydrogen) atoms. The zero-order valence-electron chi connectivity index (χ0n) is 60.7. The molecule has 0 aromatic heterocycles. The lowest BCUT2D eigenvalue weighted by Crippen LogP contribution is -2.68. The highest BCUT2D eigenvalue weighted by molar-refractivity contribution is 7.48. The highest BCUT2D eigenvalue weighted by atomic mass is 31.2. The Morgan fingerprint density at radius 3 is 1.65 bits per heavy atom. The summed E-state index contributed by atoms with van der Waals surface area (Å²) in [6.07, 6.45) is 12.7. The van der Waals surface area contributed by atoms with Crippen LogP contribution in [0.2, 0.25) is 0 Å². The van der Waals surface area contributed by atoms with Crippen molar-refractivity contribution in [3.8, 4) is 0 Å². The number of ether oxygens (including phenoxy) is 8. The Kier molecular flexibility index (Phi) is 49.0. The molecule has 3 heterocycles.